The van der Waals surface area contributed by atoms with E-state index < -0.39 is 0 Å². The maximum absolute atomic E-state index is 5.99. The molecule has 22 heavy (non-hydrogen) atoms. The molecular formula is C17H18N4O. The number of nitrogen functional groups attached to an aromatic ring is 1. The van der Waals surface area contributed by atoms with Crippen molar-refractivity contribution in [3.63, 3.8) is 0 Å². The summed E-state index contributed by atoms with van der Waals surface area (Å²) in [5.74, 6) is 0.966. The quantitative estimate of drug-likeness (QED) is 0.802. The van der Waals surface area contributed by atoms with Crippen LogP contribution in [-0.2, 0) is 7.05 Å². The second kappa shape index (κ2) is 5.89. The van der Waals surface area contributed by atoms with Gasteiger partial charge in [0.1, 0.15) is 6.10 Å². The smallest absolute Gasteiger partial charge is 0.166 e. The lowest BCUT2D eigenvalue weighted by Gasteiger charge is -2.16. The fourth-order valence-corrected chi connectivity index (χ4v) is 2.26. The van der Waals surface area contributed by atoms with Crippen LogP contribution in [0.15, 0.2) is 55.0 Å². The molecule has 0 aliphatic heterocycles. The lowest BCUT2D eigenvalue weighted by molar-refractivity contribution is 0.228. The number of nitrogens with two attached hydrogens (primary N) is 1. The molecule has 5 heteroatoms. The third-order valence-corrected chi connectivity index (χ3v) is 3.49. The molecule has 0 saturated carbocycles. The number of pyridine rings is 1. The molecule has 2 N–H and O–H groups in total. The maximum Gasteiger partial charge on any atom is 0.166 e. The van der Waals surface area contributed by atoms with Crippen molar-refractivity contribution in [1.82, 2.24) is 14.8 Å². The van der Waals surface area contributed by atoms with E-state index in [0.29, 0.717) is 11.6 Å². The number of aromatic nitrogens is 3. The predicted octanol–water partition coefficient (Wildman–Crippen LogP) is 3.20. The molecule has 0 saturated heterocycles. The number of rotatable bonds is 4. The van der Waals surface area contributed by atoms with Crippen LogP contribution in [0.5, 0.6) is 5.75 Å². The van der Waals surface area contributed by atoms with Gasteiger partial charge < -0.3 is 10.5 Å². The van der Waals surface area contributed by atoms with Gasteiger partial charge in [0.05, 0.1) is 6.20 Å². The second-order valence-corrected chi connectivity index (χ2v) is 5.18. The number of ether oxygens (including phenoxy) is 1. The van der Waals surface area contributed by atoms with Gasteiger partial charge >= 0.3 is 0 Å². The minimum atomic E-state index is -0.102. The van der Waals surface area contributed by atoms with E-state index in [1.54, 1.807) is 17.1 Å². The molecule has 0 bridgehead atoms. The highest BCUT2D eigenvalue weighted by molar-refractivity contribution is 5.65. The third-order valence-electron chi connectivity index (χ3n) is 3.49. The summed E-state index contributed by atoms with van der Waals surface area (Å²) < 4.78 is 7.73. The van der Waals surface area contributed by atoms with E-state index in [-0.39, 0.29) is 6.10 Å². The average Bonchev–Trinajstić information content (AvgIpc) is 2.97. The predicted molar refractivity (Wildman–Crippen MR) is 86.3 cm³/mol. The maximum atomic E-state index is 5.99. The molecule has 0 amide bonds. The van der Waals surface area contributed by atoms with E-state index in [9.17, 15) is 0 Å². The summed E-state index contributed by atoms with van der Waals surface area (Å²) >= 11 is 0. The zero-order valence-electron chi connectivity index (χ0n) is 12.6. The summed E-state index contributed by atoms with van der Waals surface area (Å²) in [6.07, 6.45) is 5.34. The van der Waals surface area contributed by atoms with Crippen LogP contribution in [0.25, 0.3) is 11.1 Å². The Hall–Kier alpha value is -2.82. The van der Waals surface area contributed by atoms with E-state index in [2.05, 4.69) is 10.1 Å². The number of aryl methyl sites for hydroxylation is 1. The molecule has 1 atom stereocenters. The third kappa shape index (κ3) is 2.93. The zero-order chi connectivity index (χ0) is 15.5. The molecule has 0 aliphatic carbocycles. The van der Waals surface area contributed by atoms with Crippen molar-refractivity contribution >= 4 is 5.82 Å². The van der Waals surface area contributed by atoms with Crippen molar-refractivity contribution in [2.75, 3.05) is 5.73 Å². The minimum absolute atomic E-state index is 0.102. The average molecular weight is 294 g/mol. The SMILES string of the molecule is CC(Oc1cc(-c2cnn(C)c2)cnc1N)c1ccccc1. The van der Waals surface area contributed by atoms with E-state index in [1.807, 2.05) is 56.6 Å². The number of hydrogen-bond acceptors (Lipinski definition) is 4. The first-order chi connectivity index (χ1) is 10.6. The Kier molecular flexibility index (Phi) is 3.78. The first kappa shape index (κ1) is 14.1. The summed E-state index contributed by atoms with van der Waals surface area (Å²) in [5, 5.41) is 4.17. The van der Waals surface area contributed by atoms with Gasteiger partial charge in [-0.1, -0.05) is 30.3 Å². The van der Waals surface area contributed by atoms with Gasteiger partial charge in [0.15, 0.2) is 11.6 Å². The van der Waals surface area contributed by atoms with Crippen LogP contribution in [0.1, 0.15) is 18.6 Å². The minimum Gasteiger partial charge on any atom is -0.482 e. The Morgan fingerprint density at radius 3 is 2.59 bits per heavy atom. The normalized spacial score (nSPS) is 12.1. The summed E-state index contributed by atoms with van der Waals surface area (Å²) in [5.41, 5.74) is 8.94. The highest BCUT2D eigenvalue weighted by Crippen LogP contribution is 2.30. The van der Waals surface area contributed by atoms with Crippen LogP contribution >= 0.6 is 0 Å². The first-order valence-corrected chi connectivity index (χ1v) is 7.09. The van der Waals surface area contributed by atoms with Crippen molar-refractivity contribution in [1.29, 1.82) is 0 Å². The van der Waals surface area contributed by atoms with Crippen molar-refractivity contribution in [2.45, 2.75) is 13.0 Å². The van der Waals surface area contributed by atoms with Crippen LogP contribution in [0.4, 0.5) is 5.82 Å². The van der Waals surface area contributed by atoms with Gasteiger partial charge in [-0.15, -0.1) is 0 Å². The molecule has 5 nitrogen and oxygen atoms in total. The summed E-state index contributed by atoms with van der Waals surface area (Å²) in [4.78, 5) is 4.23. The standard InChI is InChI=1S/C17H18N4O/c1-12(13-6-4-3-5-7-13)22-16-8-14(9-19-17(16)18)15-10-20-21(2)11-15/h3-12H,1-2H3,(H2,18,19). The molecule has 2 heterocycles. The van der Waals surface area contributed by atoms with Crippen molar-refractivity contribution in [3.05, 3.63) is 60.6 Å². The Bertz CT molecular complexity index is 767. The van der Waals surface area contributed by atoms with Crippen molar-refractivity contribution in [3.8, 4) is 16.9 Å². The molecule has 3 aromatic rings. The van der Waals surface area contributed by atoms with Crippen LogP contribution in [0.3, 0.4) is 0 Å². The monoisotopic (exact) mass is 294 g/mol. The Balaban J connectivity index is 1.87. The number of anilines is 1. The summed E-state index contributed by atoms with van der Waals surface area (Å²) in [6.45, 7) is 1.99. The molecule has 0 radical (unpaired) electrons. The van der Waals surface area contributed by atoms with Gasteiger partial charge in [0.25, 0.3) is 0 Å². The van der Waals surface area contributed by atoms with Crippen molar-refractivity contribution < 1.29 is 4.74 Å². The highest BCUT2D eigenvalue weighted by Gasteiger charge is 2.12. The molecule has 0 aliphatic rings. The van der Waals surface area contributed by atoms with E-state index in [0.717, 1.165) is 16.7 Å². The largest absolute Gasteiger partial charge is 0.482 e. The highest BCUT2D eigenvalue weighted by atomic mass is 16.5. The molecule has 0 spiro atoms. The van der Waals surface area contributed by atoms with Crippen LogP contribution in [0, 0.1) is 0 Å². The fraction of sp³-hybridized carbons (Fsp3) is 0.176. The first-order valence-electron chi connectivity index (χ1n) is 7.09. The Morgan fingerprint density at radius 2 is 1.91 bits per heavy atom. The number of hydrogen-bond donors (Lipinski definition) is 1. The molecule has 2 aromatic heterocycles. The van der Waals surface area contributed by atoms with Gasteiger partial charge in [0, 0.05) is 30.6 Å². The van der Waals surface area contributed by atoms with E-state index >= 15 is 0 Å². The van der Waals surface area contributed by atoms with Gasteiger partial charge in [-0.25, -0.2) is 4.98 Å². The molecule has 0 fully saturated rings. The molecule has 112 valence electrons. The molecule has 1 aromatic carbocycles. The number of benzene rings is 1. The topological polar surface area (TPSA) is 66.0 Å². The summed E-state index contributed by atoms with van der Waals surface area (Å²) in [6, 6.07) is 11.9. The summed E-state index contributed by atoms with van der Waals surface area (Å²) in [7, 11) is 1.88. The molecular weight excluding hydrogens is 276 g/mol. The zero-order valence-corrected chi connectivity index (χ0v) is 12.6. The van der Waals surface area contributed by atoms with Gasteiger partial charge in [-0.2, -0.15) is 5.10 Å². The number of nitrogens with zero attached hydrogens (tertiary/aromatic N) is 3. The van der Waals surface area contributed by atoms with E-state index in [1.165, 1.54) is 0 Å². The molecule has 3 rings (SSSR count). The fourth-order valence-electron chi connectivity index (χ4n) is 2.26. The van der Waals surface area contributed by atoms with Crippen molar-refractivity contribution in [2.24, 2.45) is 7.05 Å². The lowest BCUT2D eigenvalue weighted by Crippen LogP contribution is -2.05. The Morgan fingerprint density at radius 1 is 1.14 bits per heavy atom. The van der Waals surface area contributed by atoms with E-state index in [4.69, 9.17) is 10.5 Å². The van der Waals surface area contributed by atoms with Gasteiger partial charge in [-0.05, 0) is 18.6 Å². The molecule has 1 unspecified atom stereocenters. The van der Waals surface area contributed by atoms with Gasteiger partial charge in [0.2, 0.25) is 0 Å². The van der Waals surface area contributed by atoms with Crippen LogP contribution in [0.2, 0.25) is 0 Å². The van der Waals surface area contributed by atoms with Crippen LogP contribution in [-0.4, -0.2) is 14.8 Å². The lowest BCUT2D eigenvalue weighted by atomic mass is 10.1. The van der Waals surface area contributed by atoms with Crippen LogP contribution < -0.4 is 10.5 Å². The Labute approximate surface area is 129 Å². The van der Waals surface area contributed by atoms with Gasteiger partial charge in [-0.3, -0.25) is 4.68 Å². The second-order valence-electron chi connectivity index (χ2n) is 5.18.